The van der Waals surface area contributed by atoms with Crippen LogP contribution in [0, 0.1) is 11.6 Å². The lowest BCUT2D eigenvalue weighted by molar-refractivity contribution is 0.509. The molecule has 0 amide bonds. The van der Waals surface area contributed by atoms with Crippen LogP contribution in [0.25, 0.3) is 10.4 Å². The van der Waals surface area contributed by atoms with Crippen LogP contribution in [0.3, 0.4) is 0 Å². The minimum atomic E-state index is -3.68. The van der Waals surface area contributed by atoms with Gasteiger partial charge in [0.2, 0.25) is 10.0 Å². The summed E-state index contributed by atoms with van der Waals surface area (Å²) in [5, 5.41) is 0. The third-order valence-electron chi connectivity index (χ3n) is 5.02. The fourth-order valence-electron chi connectivity index (χ4n) is 3.19. The largest absolute Gasteiger partial charge is 0.250 e. The fourth-order valence-corrected chi connectivity index (χ4v) is 5.86. The molecule has 1 N–H and O–H groups in total. The molecule has 0 spiro atoms. The number of benzene rings is 2. The van der Waals surface area contributed by atoms with E-state index in [1.54, 1.807) is 6.07 Å². The Balaban J connectivity index is 1.54. The normalized spacial score (nSPS) is 22.0. The Hall–Kier alpha value is -2.09. The van der Waals surface area contributed by atoms with Gasteiger partial charge in [0.25, 0.3) is 0 Å². The molecular formula is C20H17F2NO2S2. The van der Waals surface area contributed by atoms with Crippen LogP contribution in [0.5, 0.6) is 0 Å². The van der Waals surface area contributed by atoms with E-state index in [9.17, 15) is 17.2 Å². The first-order valence-corrected chi connectivity index (χ1v) is 10.7. The Morgan fingerprint density at radius 2 is 1.78 bits per heavy atom. The second-order valence-corrected chi connectivity index (χ2v) is 9.93. The van der Waals surface area contributed by atoms with Gasteiger partial charge >= 0.3 is 0 Å². The van der Waals surface area contributed by atoms with Crippen LogP contribution in [-0.2, 0) is 15.4 Å². The van der Waals surface area contributed by atoms with E-state index in [-0.39, 0.29) is 15.7 Å². The second-order valence-electron chi connectivity index (χ2n) is 6.91. The van der Waals surface area contributed by atoms with Gasteiger partial charge in [0.1, 0.15) is 4.21 Å². The summed E-state index contributed by atoms with van der Waals surface area (Å²) < 4.78 is 54.9. The van der Waals surface area contributed by atoms with Crippen LogP contribution in [0.1, 0.15) is 18.9 Å². The Labute approximate surface area is 160 Å². The van der Waals surface area contributed by atoms with Crippen LogP contribution in [-0.4, -0.2) is 14.5 Å². The number of sulfonamides is 1. The minimum absolute atomic E-state index is 0.157. The molecule has 1 aliphatic carbocycles. The summed E-state index contributed by atoms with van der Waals surface area (Å²) in [6, 6.07) is 16.3. The van der Waals surface area contributed by atoms with Crippen molar-refractivity contribution in [1.29, 1.82) is 0 Å². The van der Waals surface area contributed by atoms with Crippen molar-refractivity contribution in [3.05, 3.63) is 77.9 Å². The third-order valence-corrected chi connectivity index (χ3v) is 8.12. The molecule has 1 saturated carbocycles. The van der Waals surface area contributed by atoms with Crippen molar-refractivity contribution in [2.24, 2.45) is 0 Å². The highest BCUT2D eigenvalue weighted by molar-refractivity contribution is 7.91. The molecule has 27 heavy (non-hydrogen) atoms. The van der Waals surface area contributed by atoms with Gasteiger partial charge in [-0.05, 0) is 41.8 Å². The maximum atomic E-state index is 13.4. The molecule has 1 aromatic heterocycles. The summed E-state index contributed by atoms with van der Waals surface area (Å²) in [6.07, 6.45) is 0.734. The van der Waals surface area contributed by atoms with E-state index < -0.39 is 21.7 Å². The molecule has 0 saturated heterocycles. The van der Waals surface area contributed by atoms with Crippen LogP contribution < -0.4 is 4.72 Å². The lowest BCUT2D eigenvalue weighted by atomic mass is 9.98. The van der Waals surface area contributed by atoms with E-state index in [2.05, 4.69) is 4.72 Å². The van der Waals surface area contributed by atoms with E-state index in [1.165, 1.54) is 12.1 Å². The number of halogens is 2. The smallest absolute Gasteiger partial charge is 0.206 e. The van der Waals surface area contributed by atoms with E-state index in [1.807, 2.05) is 37.3 Å². The zero-order chi connectivity index (χ0) is 19.2. The highest BCUT2D eigenvalue weighted by atomic mass is 32.2. The van der Waals surface area contributed by atoms with Crippen molar-refractivity contribution in [2.75, 3.05) is 0 Å². The first kappa shape index (κ1) is 18.3. The molecule has 2 aromatic carbocycles. The summed E-state index contributed by atoms with van der Waals surface area (Å²) in [6.45, 7) is 2.04. The summed E-state index contributed by atoms with van der Waals surface area (Å²) in [5.41, 5.74) is 1.33. The minimum Gasteiger partial charge on any atom is -0.206 e. The van der Waals surface area contributed by atoms with E-state index >= 15 is 0 Å². The van der Waals surface area contributed by atoms with Gasteiger partial charge in [-0.15, -0.1) is 11.3 Å². The molecule has 7 heteroatoms. The Morgan fingerprint density at radius 3 is 2.48 bits per heavy atom. The van der Waals surface area contributed by atoms with Gasteiger partial charge in [-0.25, -0.2) is 21.9 Å². The summed E-state index contributed by atoms with van der Waals surface area (Å²) in [5.74, 6) is -1.89. The molecule has 1 fully saturated rings. The molecule has 0 bridgehead atoms. The fraction of sp³-hybridized carbons (Fsp3) is 0.200. The molecular weight excluding hydrogens is 388 g/mol. The molecule has 0 aliphatic heterocycles. The summed E-state index contributed by atoms with van der Waals surface area (Å²) in [4.78, 5) is 0.566. The van der Waals surface area contributed by atoms with Crippen molar-refractivity contribution in [2.45, 2.75) is 29.0 Å². The molecule has 2 atom stereocenters. The maximum absolute atomic E-state index is 13.4. The standard InChI is InChI=1S/C20H17F2NO2S2/c1-20(14-5-3-2-4-6-14)12-18(20)23-27(24,25)19-10-9-17(26-19)13-7-8-15(21)16(22)11-13/h2-11,18,23H,12H2,1H3/t18-,20+/m0/s1. The first-order valence-electron chi connectivity index (χ1n) is 8.43. The average molecular weight is 405 g/mol. The Morgan fingerprint density at radius 1 is 1.04 bits per heavy atom. The lowest BCUT2D eigenvalue weighted by Crippen LogP contribution is -2.29. The van der Waals surface area contributed by atoms with Crippen LogP contribution in [0.2, 0.25) is 0 Å². The van der Waals surface area contributed by atoms with Crippen LogP contribution in [0.4, 0.5) is 8.78 Å². The number of rotatable bonds is 5. The van der Waals surface area contributed by atoms with Crippen molar-refractivity contribution in [3.8, 4) is 10.4 Å². The quantitative estimate of drug-likeness (QED) is 0.669. The van der Waals surface area contributed by atoms with E-state index in [0.717, 1.165) is 35.5 Å². The molecule has 3 aromatic rings. The Kier molecular flexibility index (Phi) is 4.41. The summed E-state index contributed by atoms with van der Waals surface area (Å²) >= 11 is 1.03. The number of thiophene rings is 1. The number of hydrogen-bond acceptors (Lipinski definition) is 3. The van der Waals surface area contributed by atoms with Gasteiger partial charge in [-0.3, -0.25) is 0 Å². The molecule has 0 unspecified atom stereocenters. The number of hydrogen-bond donors (Lipinski definition) is 1. The second kappa shape index (κ2) is 6.51. The lowest BCUT2D eigenvalue weighted by Gasteiger charge is -2.12. The molecule has 1 heterocycles. The summed E-state index contributed by atoms with van der Waals surface area (Å²) in [7, 11) is -3.68. The van der Waals surface area contributed by atoms with Gasteiger partial charge in [0.15, 0.2) is 11.6 Å². The zero-order valence-corrected chi connectivity index (χ0v) is 16.1. The molecule has 140 valence electrons. The maximum Gasteiger partial charge on any atom is 0.250 e. The molecule has 4 rings (SSSR count). The highest BCUT2D eigenvalue weighted by Crippen LogP contribution is 2.48. The highest BCUT2D eigenvalue weighted by Gasteiger charge is 2.53. The Bertz CT molecular complexity index is 1100. The van der Waals surface area contributed by atoms with Gasteiger partial charge in [0, 0.05) is 16.3 Å². The zero-order valence-electron chi connectivity index (χ0n) is 14.4. The molecule has 0 radical (unpaired) electrons. The van der Waals surface area contributed by atoms with Crippen molar-refractivity contribution in [1.82, 2.24) is 4.72 Å². The monoisotopic (exact) mass is 405 g/mol. The van der Waals surface area contributed by atoms with Gasteiger partial charge in [-0.2, -0.15) is 0 Å². The average Bonchev–Trinajstić information content (AvgIpc) is 3.08. The van der Waals surface area contributed by atoms with E-state index in [0.29, 0.717) is 10.4 Å². The molecule has 3 nitrogen and oxygen atoms in total. The predicted molar refractivity (Wildman–Crippen MR) is 102 cm³/mol. The topological polar surface area (TPSA) is 46.2 Å². The van der Waals surface area contributed by atoms with Gasteiger partial charge in [-0.1, -0.05) is 43.3 Å². The van der Waals surface area contributed by atoms with Crippen molar-refractivity contribution < 1.29 is 17.2 Å². The predicted octanol–water partition coefficient (Wildman–Crippen LogP) is 4.70. The van der Waals surface area contributed by atoms with Crippen molar-refractivity contribution in [3.63, 3.8) is 0 Å². The van der Waals surface area contributed by atoms with Gasteiger partial charge < -0.3 is 0 Å². The van der Waals surface area contributed by atoms with Crippen LogP contribution in [0.15, 0.2) is 64.9 Å². The van der Waals surface area contributed by atoms with Crippen molar-refractivity contribution >= 4 is 21.4 Å². The number of nitrogens with one attached hydrogen (secondary N) is 1. The third kappa shape index (κ3) is 3.42. The van der Waals surface area contributed by atoms with Gasteiger partial charge in [0.05, 0.1) is 0 Å². The van der Waals surface area contributed by atoms with E-state index in [4.69, 9.17) is 0 Å². The van der Waals surface area contributed by atoms with Crippen LogP contribution >= 0.6 is 11.3 Å². The SMILES string of the molecule is C[C@]1(c2ccccc2)C[C@@H]1NS(=O)(=O)c1ccc(-c2ccc(F)c(F)c2)s1. The molecule has 1 aliphatic rings. The first-order chi connectivity index (χ1) is 12.8.